The van der Waals surface area contributed by atoms with Crippen LogP contribution in [-0.4, -0.2) is 38.3 Å². The fraction of sp³-hybridized carbons (Fsp3) is 0.143. The third-order valence-corrected chi connectivity index (χ3v) is 4.09. The van der Waals surface area contributed by atoms with E-state index in [9.17, 15) is 13.2 Å². The lowest BCUT2D eigenvalue weighted by Crippen LogP contribution is -2.21. The highest BCUT2D eigenvalue weighted by Gasteiger charge is 2.16. The molecular formula is C14H15N3O3S. The van der Waals surface area contributed by atoms with Gasteiger partial charge in [-0.15, -0.1) is 0 Å². The van der Waals surface area contributed by atoms with Crippen LogP contribution in [0.5, 0.6) is 0 Å². The molecule has 0 unspecified atom stereocenters. The van der Waals surface area contributed by atoms with E-state index in [4.69, 9.17) is 0 Å². The topological polar surface area (TPSA) is 79.4 Å². The zero-order chi connectivity index (χ0) is 15.5. The van der Waals surface area contributed by atoms with Crippen LogP contribution in [-0.2, 0) is 10.0 Å². The monoisotopic (exact) mass is 305 g/mol. The van der Waals surface area contributed by atoms with Crippen LogP contribution in [0.15, 0.2) is 53.6 Å². The van der Waals surface area contributed by atoms with Crippen molar-refractivity contribution < 1.29 is 13.2 Å². The molecule has 0 atom stereocenters. The molecule has 2 aromatic rings. The van der Waals surface area contributed by atoms with Crippen molar-refractivity contribution in [3.8, 4) is 0 Å². The zero-order valence-electron chi connectivity index (χ0n) is 11.6. The number of carbonyl (C=O) groups excluding carboxylic acids is 1. The molecule has 6 nitrogen and oxygen atoms in total. The van der Waals surface area contributed by atoms with Crippen LogP contribution < -0.4 is 4.72 Å². The standard InChI is InChI=1S/C14H15N3O3S/c1-17(2)14(18)11-6-8-12(9-7-11)21(19,20)16-13-5-3-4-10-15-13/h3-10H,1-2H3,(H,15,16). The van der Waals surface area contributed by atoms with Crippen molar-refractivity contribution in [2.45, 2.75) is 4.90 Å². The highest BCUT2D eigenvalue weighted by Crippen LogP contribution is 2.15. The molecule has 0 saturated carbocycles. The molecule has 0 aliphatic heterocycles. The number of rotatable bonds is 4. The summed E-state index contributed by atoms with van der Waals surface area (Å²) in [6.45, 7) is 0. The predicted molar refractivity (Wildman–Crippen MR) is 79.5 cm³/mol. The van der Waals surface area contributed by atoms with Crippen molar-refractivity contribution in [3.63, 3.8) is 0 Å². The third-order valence-electron chi connectivity index (χ3n) is 2.72. The first-order valence-corrected chi connectivity index (χ1v) is 7.64. The lowest BCUT2D eigenvalue weighted by atomic mass is 10.2. The number of hydrogen-bond acceptors (Lipinski definition) is 4. The molecule has 1 amide bonds. The van der Waals surface area contributed by atoms with Gasteiger partial charge in [-0.25, -0.2) is 13.4 Å². The third kappa shape index (κ3) is 3.57. The summed E-state index contributed by atoms with van der Waals surface area (Å²) in [4.78, 5) is 17.2. The molecule has 110 valence electrons. The lowest BCUT2D eigenvalue weighted by molar-refractivity contribution is 0.0827. The van der Waals surface area contributed by atoms with Crippen LogP contribution in [0.25, 0.3) is 0 Å². The fourth-order valence-corrected chi connectivity index (χ4v) is 2.66. The second-order valence-corrected chi connectivity index (χ2v) is 6.23. The van der Waals surface area contributed by atoms with Gasteiger partial charge in [0.05, 0.1) is 4.90 Å². The minimum atomic E-state index is -3.71. The Bertz CT molecular complexity index is 726. The molecule has 1 N–H and O–H groups in total. The van der Waals surface area contributed by atoms with Crippen molar-refractivity contribution in [1.29, 1.82) is 0 Å². The van der Waals surface area contributed by atoms with E-state index in [0.717, 1.165) is 0 Å². The summed E-state index contributed by atoms with van der Waals surface area (Å²) in [5, 5.41) is 0. The van der Waals surface area contributed by atoms with E-state index < -0.39 is 10.0 Å². The molecule has 21 heavy (non-hydrogen) atoms. The Morgan fingerprint density at radius 1 is 1.10 bits per heavy atom. The van der Waals surface area contributed by atoms with Gasteiger partial charge in [-0.2, -0.15) is 0 Å². The average Bonchev–Trinajstić information content (AvgIpc) is 2.47. The summed E-state index contributed by atoms with van der Waals surface area (Å²) in [5.74, 6) is 0.0579. The van der Waals surface area contributed by atoms with Crippen molar-refractivity contribution in [2.24, 2.45) is 0 Å². The minimum Gasteiger partial charge on any atom is -0.345 e. The first-order chi connectivity index (χ1) is 9.90. The van der Waals surface area contributed by atoms with Gasteiger partial charge in [0.15, 0.2) is 0 Å². The molecule has 0 aliphatic rings. The van der Waals surface area contributed by atoms with Crippen molar-refractivity contribution in [3.05, 3.63) is 54.2 Å². The van der Waals surface area contributed by atoms with Gasteiger partial charge in [0.25, 0.3) is 15.9 Å². The van der Waals surface area contributed by atoms with E-state index in [2.05, 4.69) is 9.71 Å². The summed E-state index contributed by atoms with van der Waals surface area (Å²) < 4.78 is 26.7. The van der Waals surface area contributed by atoms with Gasteiger partial charge in [-0.1, -0.05) is 6.07 Å². The minimum absolute atomic E-state index is 0.0726. The Morgan fingerprint density at radius 2 is 1.76 bits per heavy atom. The number of nitrogens with one attached hydrogen (secondary N) is 1. The number of benzene rings is 1. The van der Waals surface area contributed by atoms with Gasteiger partial charge >= 0.3 is 0 Å². The number of anilines is 1. The summed E-state index contributed by atoms with van der Waals surface area (Å²) in [6.07, 6.45) is 1.50. The molecule has 2 rings (SSSR count). The van der Waals surface area contributed by atoms with Gasteiger partial charge in [0, 0.05) is 25.9 Å². The Labute approximate surface area is 123 Å². The molecule has 0 radical (unpaired) electrons. The van der Waals surface area contributed by atoms with Crippen LogP contribution in [0.4, 0.5) is 5.82 Å². The summed E-state index contributed by atoms with van der Waals surface area (Å²) in [6, 6.07) is 10.7. The van der Waals surface area contributed by atoms with Crippen LogP contribution in [0.3, 0.4) is 0 Å². The number of pyridine rings is 1. The number of sulfonamides is 1. The van der Waals surface area contributed by atoms with Crippen LogP contribution in [0, 0.1) is 0 Å². The van der Waals surface area contributed by atoms with E-state index in [1.54, 1.807) is 32.3 Å². The molecule has 0 spiro atoms. The zero-order valence-corrected chi connectivity index (χ0v) is 12.5. The van der Waals surface area contributed by atoms with Gasteiger partial charge < -0.3 is 4.90 Å². The normalized spacial score (nSPS) is 11.0. The summed E-state index contributed by atoms with van der Waals surface area (Å²) in [5.41, 5.74) is 0.428. The maximum Gasteiger partial charge on any atom is 0.263 e. The Balaban J connectivity index is 2.23. The number of hydrogen-bond donors (Lipinski definition) is 1. The Hall–Kier alpha value is -2.41. The van der Waals surface area contributed by atoms with Crippen LogP contribution in [0.2, 0.25) is 0 Å². The lowest BCUT2D eigenvalue weighted by Gasteiger charge is -2.11. The first kappa shape index (κ1) is 15.0. The second kappa shape index (κ2) is 5.92. The molecule has 0 bridgehead atoms. The maximum absolute atomic E-state index is 12.2. The number of nitrogens with zero attached hydrogens (tertiary/aromatic N) is 2. The maximum atomic E-state index is 12.2. The molecule has 1 heterocycles. The van der Waals surface area contributed by atoms with Gasteiger partial charge in [-0.3, -0.25) is 9.52 Å². The molecular weight excluding hydrogens is 290 g/mol. The van der Waals surface area contributed by atoms with Gasteiger partial charge in [-0.05, 0) is 36.4 Å². The highest BCUT2D eigenvalue weighted by atomic mass is 32.2. The van der Waals surface area contributed by atoms with E-state index in [-0.39, 0.29) is 16.6 Å². The van der Waals surface area contributed by atoms with E-state index in [0.29, 0.717) is 5.56 Å². The molecule has 0 fully saturated rings. The van der Waals surface area contributed by atoms with Crippen LogP contribution in [0.1, 0.15) is 10.4 Å². The number of carbonyl (C=O) groups is 1. The Morgan fingerprint density at radius 3 is 2.29 bits per heavy atom. The summed E-state index contributed by atoms with van der Waals surface area (Å²) >= 11 is 0. The molecule has 1 aromatic heterocycles. The molecule has 0 aliphatic carbocycles. The van der Waals surface area contributed by atoms with Gasteiger partial charge in [0.1, 0.15) is 5.82 Å². The van der Waals surface area contributed by atoms with Crippen molar-refractivity contribution in [2.75, 3.05) is 18.8 Å². The molecule has 1 aromatic carbocycles. The Kier molecular flexibility index (Phi) is 4.23. The average molecular weight is 305 g/mol. The first-order valence-electron chi connectivity index (χ1n) is 6.16. The fourth-order valence-electron chi connectivity index (χ4n) is 1.65. The predicted octanol–water partition coefficient (Wildman–Crippen LogP) is 1.58. The largest absolute Gasteiger partial charge is 0.345 e. The van der Waals surface area contributed by atoms with Crippen molar-refractivity contribution >= 4 is 21.7 Å². The van der Waals surface area contributed by atoms with Crippen molar-refractivity contribution in [1.82, 2.24) is 9.88 Å². The smallest absolute Gasteiger partial charge is 0.263 e. The highest BCUT2D eigenvalue weighted by molar-refractivity contribution is 7.92. The van der Waals surface area contributed by atoms with Crippen LogP contribution >= 0.6 is 0 Å². The number of aromatic nitrogens is 1. The molecule has 7 heteroatoms. The number of amides is 1. The van der Waals surface area contributed by atoms with E-state index in [1.807, 2.05) is 0 Å². The van der Waals surface area contributed by atoms with E-state index in [1.165, 1.54) is 35.4 Å². The van der Waals surface area contributed by atoms with Gasteiger partial charge in [0.2, 0.25) is 0 Å². The quantitative estimate of drug-likeness (QED) is 0.930. The molecule has 0 saturated heterocycles. The van der Waals surface area contributed by atoms with E-state index >= 15 is 0 Å². The summed E-state index contributed by atoms with van der Waals surface area (Å²) in [7, 11) is -0.444. The SMILES string of the molecule is CN(C)C(=O)c1ccc(S(=O)(=O)Nc2ccccn2)cc1. The second-order valence-electron chi connectivity index (χ2n) is 4.54.